The summed E-state index contributed by atoms with van der Waals surface area (Å²) < 4.78 is 6.43. The van der Waals surface area contributed by atoms with E-state index in [0.29, 0.717) is 6.04 Å². The lowest BCUT2D eigenvalue weighted by Gasteiger charge is -2.42. The van der Waals surface area contributed by atoms with Crippen molar-refractivity contribution < 1.29 is 4.74 Å². The van der Waals surface area contributed by atoms with Crippen molar-refractivity contribution in [3.63, 3.8) is 0 Å². The highest BCUT2D eigenvalue weighted by Gasteiger charge is 2.38. The second-order valence-corrected chi connectivity index (χ2v) is 6.53. The zero-order valence-corrected chi connectivity index (χ0v) is 14.3. The van der Waals surface area contributed by atoms with Gasteiger partial charge in [0, 0.05) is 37.0 Å². The summed E-state index contributed by atoms with van der Waals surface area (Å²) in [5, 5.41) is 3.73. The molecule has 0 saturated heterocycles. The van der Waals surface area contributed by atoms with Crippen LogP contribution in [0.2, 0.25) is 0 Å². The number of nitrogens with zero attached hydrogens (tertiary/aromatic N) is 1. The lowest BCUT2D eigenvalue weighted by Crippen LogP contribution is -2.43. The highest BCUT2D eigenvalue weighted by atomic mass is 16.5. The fourth-order valence-electron chi connectivity index (χ4n) is 3.38. The Morgan fingerprint density at radius 2 is 1.91 bits per heavy atom. The van der Waals surface area contributed by atoms with Gasteiger partial charge in [-0.05, 0) is 49.1 Å². The third kappa shape index (κ3) is 3.40. The minimum atomic E-state index is -0.0588. The van der Waals surface area contributed by atoms with Crippen LogP contribution in [0.15, 0.2) is 42.7 Å². The number of ether oxygens (including phenoxy) is 1. The SMILES string of the molecule is CCC1(CC)CC(NCc2ccncc2)c2ccc(C)cc2O1. The molecule has 3 nitrogen and oxygen atoms in total. The van der Waals surface area contributed by atoms with Gasteiger partial charge in [0.05, 0.1) is 0 Å². The Morgan fingerprint density at radius 3 is 2.61 bits per heavy atom. The summed E-state index contributed by atoms with van der Waals surface area (Å²) in [6, 6.07) is 11.0. The molecule has 1 aromatic heterocycles. The molecule has 1 aliphatic heterocycles. The monoisotopic (exact) mass is 310 g/mol. The van der Waals surface area contributed by atoms with E-state index in [1.54, 1.807) is 0 Å². The minimum absolute atomic E-state index is 0.0588. The first-order valence-electron chi connectivity index (χ1n) is 8.57. The Bertz CT molecular complexity index is 650. The third-order valence-corrected chi connectivity index (χ3v) is 5.04. The lowest BCUT2D eigenvalue weighted by molar-refractivity contribution is 0.0224. The van der Waals surface area contributed by atoms with Crippen LogP contribution in [0.25, 0.3) is 0 Å². The Labute approximate surface area is 139 Å². The topological polar surface area (TPSA) is 34.2 Å². The van der Waals surface area contributed by atoms with Crippen LogP contribution in [0.4, 0.5) is 0 Å². The van der Waals surface area contributed by atoms with Crippen LogP contribution in [-0.4, -0.2) is 10.6 Å². The predicted molar refractivity (Wildman–Crippen MR) is 93.6 cm³/mol. The summed E-state index contributed by atoms with van der Waals surface area (Å²) in [7, 11) is 0. The average Bonchev–Trinajstić information content (AvgIpc) is 2.60. The molecule has 0 aliphatic carbocycles. The summed E-state index contributed by atoms with van der Waals surface area (Å²) in [4.78, 5) is 4.09. The van der Waals surface area contributed by atoms with Gasteiger partial charge < -0.3 is 10.1 Å². The summed E-state index contributed by atoms with van der Waals surface area (Å²) in [6.45, 7) is 7.43. The summed E-state index contributed by atoms with van der Waals surface area (Å²) in [5.41, 5.74) is 3.73. The van der Waals surface area contributed by atoms with Gasteiger partial charge in [-0.3, -0.25) is 4.98 Å². The van der Waals surface area contributed by atoms with Gasteiger partial charge in [0.25, 0.3) is 0 Å². The maximum Gasteiger partial charge on any atom is 0.125 e. The molecule has 2 heterocycles. The van der Waals surface area contributed by atoms with Crippen LogP contribution < -0.4 is 10.1 Å². The molecule has 0 spiro atoms. The van der Waals surface area contributed by atoms with Crippen molar-refractivity contribution in [3.05, 3.63) is 59.4 Å². The lowest BCUT2D eigenvalue weighted by atomic mass is 9.83. The smallest absolute Gasteiger partial charge is 0.125 e. The number of aryl methyl sites for hydroxylation is 1. The fraction of sp³-hybridized carbons (Fsp3) is 0.450. The van der Waals surface area contributed by atoms with E-state index in [4.69, 9.17) is 4.74 Å². The molecule has 23 heavy (non-hydrogen) atoms. The molecule has 0 fully saturated rings. The van der Waals surface area contributed by atoms with E-state index >= 15 is 0 Å². The molecule has 1 aromatic carbocycles. The summed E-state index contributed by atoms with van der Waals surface area (Å²) >= 11 is 0. The first-order valence-corrected chi connectivity index (χ1v) is 8.57. The number of fused-ring (bicyclic) bond motifs is 1. The number of pyridine rings is 1. The number of benzene rings is 1. The zero-order valence-electron chi connectivity index (χ0n) is 14.3. The van der Waals surface area contributed by atoms with Gasteiger partial charge in [-0.2, -0.15) is 0 Å². The van der Waals surface area contributed by atoms with E-state index < -0.39 is 0 Å². The van der Waals surface area contributed by atoms with E-state index in [1.165, 1.54) is 16.7 Å². The van der Waals surface area contributed by atoms with E-state index in [9.17, 15) is 0 Å². The van der Waals surface area contributed by atoms with Crippen LogP contribution in [0.5, 0.6) is 5.75 Å². The molecular weight excluding hydrogens is 284 g/mol. The number of hydrogen-bond acceptors (Lipinski definition) is 3. The summed E-state index contributed by atoms with van der Waals surface area (Å²) in [5.74, 6) is 1.05. The van der Waals surface area contributed by atoms with Gasteiger partial charge in [0.15, 0.2) is 0 Å². The molecular formula is C20H26N2O. The van der Waals surface area contributed by atoms with E-state index in [1.807, 2.05) is 12.4 Å². The minimum Gasteiger partial charge on any atom is -0.487 e. The predicted octanol–water partition coefficient (Wildman–Crippen LogP) is 4.56. The van der Waals surface area contributed by atoms with Crippen molar-refractivity contribution in [2.24, 2.45) is 0 Å². The van der Waals surface area contributed by atoms with Crippen LogP contribution in [0.3, 0.4) is 0 Å². The molecule has 2 aromatic rings. The molecule has 1 N–H and O–H groups in total. The van der Waals surface area contributed by atoms with Crippen molar-refractivity contribution in [1.82, 2.24) is 10.3 Å². The maximum atomic E-state index is 6.43. The van der Waals surface area contributed by atoms with Gasteiger partial charge in [0.1, 0.15) is 11.4 Å². The molecule has 0 bridgehead atoms. The van der Waals surface area contributed by atoms with Crippen LogP contribution in [0.1, 0.15) is 55.8 Å². The third-order valence-electron chi connectivity index (χ3n) is 5.04. The van der Waals surface area contributed by atoms with Crippen molar-refractivity contribution in [2.45, 2.75) is 58.2 Å². The number of aromatic nitrogens is 1. The highest BCUT2D eigenvalue weighted by Crippen LogP contribution is 2.43. The molecule has 0 saturated carbocycles. The number of hydrogen-bond donors (Lipinski definition) is 1. The number of nitrogens with one attached hydrogen (secondary N) is 1. The quantitative estimate of drug-likeness (QED) is 0.879. The standard InChI is InChI=1S/C20H26N2O/c1-4-20(5-2)13-18(22-14-16-8-10-21-11-9-16)17-7-6-15(3)12-19(17)23-20/h6-12,18,22H,4-5,13-14H2,1-3H3. The van der Waals surface area contributed by atoms with Gasteiger partial charge in [-0.15, -0.1) is 0 Å². The molecule has 0 radical (unpaired) electrons. The van der Waals surface area contributed by atoms with E-state index in [2.05, 4.69) is 61.4 Å². The average molecular weight is 310 g/mol. The highest BCUT2D eigenvalue weighted by molar-refractivity contribution is 5.42. The molecule has 1 atom stereocenters. The number of rotatable bonds is 5. The molecule has 122 valence electrons. The normalized spacial score (nSPS) is 19.0. The molecule has 3 rings (SSSR count). The summed E-state index contributed by atoms with van der Waals surface area (Å²) in [6.07, 6.45) is 6.77. The molecule has 1 unspecified atom stereocenters. The van der Waals surface area contributed by atoms with Gasteiger partial charge in [-0.25, -0.2) is 0 Å². The van der Waals surface area contributed by atoms with Crippen LogP contribution in [-0.2, 0) is 6.54 Å². The Balaban J connectivity index is 1.86. The Kier molecular flexibility index (Phi) is 4.67. The Hall–Kier alpha value is -1.87. The van der Waals surface area contributed by atoms with Crippen molar-refractivity contribution >= 4 is 0 Å². The van der Waals surface area contributed by atoms with E-state index in [-0.39, 0.29) is 5.60 Å². The first kappa shape index (κ1) is 16.0. The zero-order chi connectivity index (χ0) is 16.3. The van der Waals surface area contributed by atoms with Crippen molar-refractivity contribution in [1.29, 1.82) is 0 Å². The van der Waals surface area contributed by atoms with Gasteiger partial charge in [-0.1, -0.05) is 26.0 Å². The van der Waals surface area contributed by atoms with Gasteiger partial charge in [0.2, 0.25) is 0 Å². The second-order valence-electron chi connectivity index (χ2n) is 6.53. The Morgan fingerprint density at radius 1 is 1.17 bits per heavy atom. The fourth-order valence-corrected chi connectivity index (χ4v) is 3.38. The second kappa shape index (κ2) is 6.71. The molecule has 1 aliphatic rings. The largest absolute Gasteiger partial charge is 0.487 e. The van der Waals surface area contributed by atoms with Crippen molar-refractivity contribution in [3.8, 4) is 5.75 Å². The maximum absolute atomic E-state index is 6.43. The van der Waals surface area contributed by atoms with Gasteiger partial charge >= 0.3 is 0 Å². The molecule has 3 heteroatoms. The van der Waals surface area contributed by atoms with Crippen molar-refractivity contribution in [2.75, 3.05) is 0 Å². The van der Waals surface area contributed by atoms with Crippen LogP contribution >= 0.6 is 0 Å². The first-order chi connectivity index (χ1) is 11.2. The van der Waals surface area contributed by atoms with E-state index in [0.717, 1.165) is 31.6 Å². The van der Waals surface area contributed by atoms with Crippen LogP contribution in [0, 0.1) is 6.92 Å². The molecule has 0 amide bonds.